The number of ether oxygens (including phenoxy) is 4. The molecule has 1 saturated heterocycles. The standard InChI is InChI=1S/C51H88O10/c1-3-5-7-9-11-13-15-17-18-19-20-21-22-23-24-25-26-28-30-32-34-36-38-40-47(54)60-44(43-59-51-50(57)49(56)48(55)45(41-52)61-51)42-58-46(53)39-37-35-33-31-29-27-16-14-12-10-8-6-4-2/h5,7,11,13-14,16-18,20-21,44-45,48-52,55-57H,3-4,6,8-10,12,15,19,22-43H2,1-2H3/b7-5-,13-11-,16-14-,18-17-,21-20-. The third-order valence-electron chi connectivity index (χ3n) is 10.9. The van der Waals surface area contributed by atoms with Crippen molar-refractivity contribution in [3.8, 4) is 0 Å². The fourth-order valence-corrected chi connectivity index (χ4v) is 7.06. The number of hydrogen-bond donors (Lipinski definition) is 4. The van der Waals surface area contributed by atoms with Crippen LogP contribution in [0.5, 0.6) is 0 Å². The van der Waals surface area contributed by atoms with Gasteiger partial charge in [-0.2, -0.15) is 0 Å². The number of unbranched alkanes of at least 4 members (excludes halogenated alkanes) is 19. The smallest absolute Gasteiger partial charge is 0.306 e. The number of hydrogen-bond acceptors (Lipinski definition) is 10. The van der Waals surface area contributed by atoms with Gasteiger partial charge in [-0.15, -0.1) is 0 Å². The molecular formula is C51H88O10. The van der Waals surface area contributed by atoms with Crippen molar-refractivity contribution >= 4 is 11.9 Å². The van der Waals surface area contributed by atoms with E-state index >= 15 is 0 Å². The first-order valence-corrected chi connectivity index (χ1v) is 24.4. The molecule has 352 valence electrons. The zero-order chi connectivity index (χ0) is 44.4. The Bertz CT molecular complexity index is 1180. The molecule has 1 heterocycles. The van der Waals surface area contributed by atoms with E-state index in [0.29, 0.717) is 12.8 Å². The number of esters is 2. The molecule has 10 nitrogen and oxygen atoms in total. The Morgan fingerprint density at radius 1 is 0.525 bits per heavy atom. The Labute approximate surface area is 370 Å². The maximum Gasteiger partial charge on any atom is 0.306 e. The number of aliphatic hydroxyl groups excluding tert-OH is 4. The first kappa shape index (κ1) is 56.4. The van der Waals surface area contributed by atoms with E-state index in [9.17, 15) is 30.0 Å². The van der Waals surface area contributed by atoms with Gasteiger partial charge in [0.25, 0.3) is 0 Å². The van der Waals surface area contributed by atoms with Crippen molar-refractivity contribution in [1.82, 2.24) is 0 Å². The molecule has 1 rings (SSSR count). The second-order valence-corrected chi connectivity index (χ2v) is 16.5. The summed E-state index contributed by atoms with van der Waals surface area (Å²) < 4.78 is 22.2. The predicted octanol–water partition coefficient (Wildman–Crippen LogP) is 11.0. The van der Waals surface area contributed by atoms with Gasteiger partial charge in [-0.1, -0.05) is 164 Å². The van der Waals surface area contributed by atoms with Crippen LogP contribution in [0.3, 0.4) is 0 Å². The predicted molar refractivity (Wildman–Crippen MR) is 247 cm³/mol. The van der Waals surface area contributed by atoms with Gasteiger partial charge in [-0.25, -0.2) is 0 Å². The number of rotatable bonds is 40. The van der Waals surface area contributed by atoms with Crippen LogP contribution >= 0.6 is 0 Å². The number of carbonyl (C=O) groups excluding carboxylic acids is 2. The summed E-state index contributed by atoms with van der Waals surface area (Å²) in [5.41, 5.74) is 0. The first-order chi connectivity index (χ1) is 29.8. The fourth-order valence-electron chi connectivity index (χ4n) is 7.06. The summed E-state index contributed by atoms with van der Waals surface area (Å²) in [4.78, 5) is 25.4. The van der Waals surface area contributed by atoms with Crippen LogP contribution in [0.2, 0.25) is 0 Å². The lowest BCUT2D eigenvalue weighted by atomic mass is 9.99. The summed E-state index contributed by atoms with van der Waals surface area (Å²) in [5.74, 6) is -0.822. The topological polar surface area (TPSA) is 152 Å². The van der Waals surface area contributed by atoms with Crippen LogP contribution in [0.15, 0.2) is 60.8 Å². The second-order valence-electron chi connectivity index (χ2n) is 16.5. The average Bonchev–Trinajstić information content (AvgIpc) is 3.26. The normalized spacial score (nSPS) is 20.3. The van der Waals surface area contributed by atoms with Gasteiger partial charge in [0.1, 0.15) is 31.0 Å². The van der Waals surface area contributed by atoms with Gasteiger partial charge in [0.05, 0.1) is 13.2 Å². The summed E-state index contributed by atoms with van der Waals surface area (Å²) in [7, 11) is 0. The molecule has 6 atom stereocenters. The summed E-state index contributed by atoms with van der Waals surface area (Å²) in [6.45, 7) is 3.28. The molecule has 10 heteroatoms. The minimum absolute atomic E-state index is 0.221. The van der Waals surface area contributed by atoms with Gasteiger partial charge in [0.2, 0.25) is 0 Å². The summed E-state index contributed by atoms with van der Waals surface area (Å²) >= 11 is 0. The van der Waals surface area contributed by atoms with E-state index in [4.69, 9.17) is 18.9 Å². The molecular weight excluding hydrogens is 773 g/mol. The number of aliphatic hydroxyl groups is 4. The molecule has 0 aliphatic carbocycles. The molecule has 0 aromatic heterocycles. The third-order valence-corrected chi connectivity index (χ3v) is 10.9. The number of carbonyl (C=O) groups is 2. The summed E-state index contributed by atoms with van der Waals surface area (Å²) in [6.07, 6.45) is 43.7. The maximum atomic E-state index is 12.8. The molecule has 0 saturated carbocycles. The van der Waals surface area contributed by atoms with E-state index in [0.717, 1.165) is 89.9 Å². The molecule has 61 heavy (non-hydrogen) atoms. The highest BCUT2D eigenvalue weighted by Gasteiger charge is 2.44. The van der Waals surface area contributed by atoms with Crippen LogP contribution in [-0.2, 0) is 28.5 Å². The number of allylic oxidation sites excluding steroid dienone is 10. The Morgan fingerprint density at radius 3 is 1.48 bits per heavy atom. The Hall–Kier alpha value is -2.60. The second kappa shape index (κ2) is 41.4. The Balaban J connectivity index is 2.27. The Kier molecular flexibility index (Phi) is 38.3. The van der Waals surface area contributed by atoms with Gasteiger partial charge in [0, 0.05) is 12.8 Å². The first-order valence-electron chi connectivity index (χ1n) is 24.4. The minimum atomic E-state index is -1.60. The van der Waals surface area contributed by atoms with Crippen molar-refractivity contribution in [1.29, 1.82) is 0 Å². The summed E-state index contributed by atoms with van der Waals surface area (Å²) in [5, 5.41) is 40.1. The van der Waals surface area contributed by atoms with Gasteiger partial charge < -0.3 is 39.4 Å². The lowest BCUT2D eigenvalue weighted by Gasteiger charge is -2.39. The van der Waals surface area contributed by atoms with Gasteiger partial charge >= 0.3 is 11.9 Å². The van der Waals surface area contributed by atoms with Crippen molar-refractivity contribution in [2.75, 3.05) is 19.8 Å². The highest BCUT2D eigenvalue weighted by molar-refractivity contribution is 5.70. The SMILES string of the molecule is CC/C=C\C/C=C\C/C=C\C/C=C\CCCCCCCCCCCCC(=O)OC(COC(=O)CCCCCCC/C=C\CCCCCC)COC1OC(CO)C(O)C(O)C1O. The molecule has 0 radical (unpaired) electrons. The molecule has 0 aromatic carbocycles. The zero-order valence-electron chi connectivity index (χ0n) is 38.4. The monoisotopic (exact) mass is 861 g/mol. The van der Waals surface area contributed by atoms with E-state index in [1.165, 1.54) is 64.2 Å². The van der Waals surface area contributed by atoms with Crippen LogP contribution in [0.25, 0.3) is 0 Å². The van der Waals surface area contributed by atoms with Crippen LogP contribution in [-0.4, -0.2) is 89.0 Å². The van der Waals surface area contributed by atoms with Crippen LogP contribution in [0.4, 0.5) is 0 Å². The van der Waals surface area contributed by atoms with Gasteiger partial charge in [-0.3, -0.25) is 9.59 Å². The van der Waals surface area contributed by atoms with E-state index in [1.54, 1.807) is 0 Å². The van der Waals surface area contributed by atoms with Crippen LogP contribution < -0.4 is 0 Å². The lowest BCUT2D eigenvalue weighted by Crippen LogP contribution is -2.59. The van der Waals surface area contributed by atoms with E-state index in [1.807, 2.05) is 0 Å². The van der Waals surface area contributed by atoms with E-state index in [2.05, 4.69) is 74.6 Å². The molecule has 0 amide bonds. The van der Waals surface area contributed by atoms with E-state index in [-0.39, 0.29) is 32.0 Å². The zero-order valence-corrected chi connectivity index (χ0v) is 38.4. The fraction of sp³-hybridized carbons (Fsp3) is 0.765. The van der Waals surface area contributed by atoms with E-state index < -0.39 is 49.4 Å². The molecule has 0 spiro atoms. The van der Waals surface area contributed by atoms with Crippen molar-refractivity contribution in [3.05, 3.63) is 60.8 Å². The highest BCUT2D eigenvalue weighted by atomic mass is 16.7. The minimum Gasteiger partial charge on any atom is -0.462 e. The third kappa shape index (κ3) is 32.7. The Morgan fingerprint density at radius 2 is 0.967 bits per heavy atom. The molecule has 0 bridgehead atoms. The van der Waals surface area contributed by atoms with Crippen LogP contribution in [0, 0.1) is 0 Å². The average molecular weight is 861 g/mol. The van der Waals surface area contributed by atoms with Crippen molar-refractivity contribution in [2.45, 2.75) is 230 Å². The van der Waals surface area contributed by atoms with Crippen LogP contribution in [0.1, 0.15) is 194 Å². The maximum absolute atomic E-state index is 12.8. The molecule has 0 aromatic rings. The quantitative estimate of drug-likeness (QED) is 0.0266. The van der Waals surface area contributed by atoms with Crippen molar-refractivity contribution in [2.24, 2.45) is 0 Å². The molecule has 1 fully saturated rings. The molecule has 1 aliphatic heterocycles. The molecule has 4 N–H and O–H groups in total. The van der Waals surface area contributed by atoms with Gasteiger partial charge in [-0.05, 0) is 77.0 Å². The largest absolute Gasteiger partial charge is 0.462 e. The van der Waals surface area contributed by atoms with Crippen molar-refractivity contribution in [3.63, 3.8) is 0 Å². The van der Waals surface area contributed by atoms with Gasteiger partial charge in [0.15, 0.2) is 12.4 Å². The molecule has 1 aliphatic rings. The summed E-state index contributed by atoms with van der Waals surface area (Å²) in [6, 6.07) is 0. The highest BCUT2D eigenvalue weighted by Crippen LogP contribution is 2.23. The molecule has 6 unspecified atom stereocenters. The van der Waals surface area contributed by atoms with Crippen molar-refractivity contribution < 1.29 is 49.0 Å². The lowest BCUT2D eigenvalue weighted by molar-refractivity contribution is -0.305.